The van der Waals surface area contributed by atoms with Crippen LogP contribution in [0.3, 0.4) is 0 Å². The third-order valence-corrected chi connectivity index (χ3v) is 8.28. The monoisotopic (exact) mass is 472 g/mol. The van der Waals surface area contributed by atoms with Gasteiger partial charge in [-0.05, 0) is 54.7 Å². The molecule has 33 heavy (non-hydrogen) atoms. The number of benzene rings is 2. The molecule has 1 atom stereocenters. The zero-order valence-electron chi connectivity index (χ0n) is 17.6. The highest BCUT2D eigenvalue weighted by Gasteiger charge is 2.29. The number of para-hydroxylation sites is 1. The summed E-state index contributed by atoms with van der Waals surface area (Å²) in [5.74, 6) is 0.791. The molecular weight excluding hydrogens is 452 g/mol. The minimum absolute atomic E-state index is 0.0543. The first-order chi connectivity index (χ1) is 16.1. The van der Waals surface area contributed by atoms with Crippen molar-refractivity contribution in [2.24, 2.45) is 5.92 Å². The van der Waals surface area contributed by atoms with Gasteiger partial charge < -0.3 is 10.6 Å². The van der Waals surface area contributed by atoms with Crippen LogP contribution < -0.4 is 10.6 Å². The third-order valence-electron chi connectivity index (χ3n) is 6.15. The van der Waals surface area contributed by atoms with Crippen LogP contribution in [-0.4, -0.2) is 21.0 Å². The second kappa shape index (κ2) is 8.28. The molecule has 8 heteroatoms. The van der Waals surface area contributed by atoms with E-state index in [1.165, 1.54) is 22.2 Å². The second-order valence-electron chi connectivity index (χ2n) is 8.30. The van der Waals surface area contributed by atoms with Crippen LogP contribution in [0.5, 0.6) is 0 Å². The van der Waals surface area contributed by atoms with Gasteiger partial charge in [0.25, 0.3) is 0 Å². The molecule has 0 saturated heterocycles. The fourth-order valence-corrected chi connectivity index (χ4v) is 6.72. The standard InChI is InChI=1S/C25H20N4O2S2/c30-21-11-14-6-8-17(12-19(14)32-21)28-23-22-18-9-7-15(10-20(18)33-25(22)27-13-26-23)24(31)29-16-4-2-1-3-5-16/h1-6,8,12-13,15H,7,9-11H2,(H,29,31)(H,26,27,28). The lowest BCUT2D eigenvalue weighted by atomic mass is 9.87. The van der Waals surface area contributed by atoms with Gasteiger partial charge in [-0.25, -0.2) is 9.97 Å². The fourth-order valence-electron chi connectivity index (χ4n) is 4.52. The van der Waals surface area contributed by atoms with Gasteiger partial charge in [0, 0.05) is 33.5 Å². The first-order valence-electron chi connectivity index (χ1n) is 10.9. The molecule has 1 aliphatic heterocycles. The molecule has 1 aliphatic carbocycles. The lowest BCUT2D eigenvalue weighted by Gasteiger charge is -2.22. The van der Waals surface area contributed by atoms with Crippen LogP contribution in [0.25, 0.3) is 10.2 Å². The Morgan fingerprint density at radius 3 is 2.82 bits per heavy atom. The molecule has 0 bridgehead atoms. The Bertz CT molecular complexity index is 1400. The molecule has 0 saturated carbocycles. The van der Waals surface area contributed by atoms with Crippen LogP contribution in [0.1, 0.15) is 22.4 Å². The number of aryl methyl sites for hydroxylation is 1. The van der Waals surface area contributed by atoms with E-state index in [1.54, 1.807) is 17.7 Å². The first-order valence-corrected chi connectivity index (χ1v) is 12.5. The summed E-state index contributed by atoms with van der Waals surface area (Å²) in [4.78, 5) is 36.8. The number of carbonyl (C=O) groups excluding carboxylic acids is 2. The Kier molecular flexibility index (Phi) is 5.11. The van der Waals surface area contributed by atoms with Crippen LogP contribution in [0.2, 0.25) is 0 Å². The van der Waals surface area contributed by atoms with Gasteiger partial charge in [-0.3, -0.25) is 9.59 Å². The quantitative estimate of drug-likeness (QED) is 0.416. The van der Waals surface area contributed by atoms with E-state index in [0.29, 0.717) is 12.8 Å². The minimum Gasteiger partial charge on any atom is -0.340 e. The maximum absolute atomic E-state index is 12.8. The van der Waals surface area contributed by atoms with E-state index >= 15 is 0 Å². The van der Waals surface area contributed by atoms with E-state index < -0.39 is 0 Å². The Hall–Kier alpha value is -3.23. The number of rotatable bonds is 4. The van der Waals surface area contributed by atoms with Crippen molar-refractivity contribution in [3.63, 3.8) is 0 Å². The summed E-state index contributed by atoms with van der Waals surface area (Å²) in [6.07, 6.45) is 4.40. The molecule has 2 aromatic carbocycles. The fraction of sp³-hybridized carbons (Fsp3) is 0.200. The van der Waals surface area contributed by atoms with Crippen molar-refractivity contribution in [1.82, 2.24) is 9.97 Å². The summed E-state index contributed by atoms with van der Waals surface area (Å²) in [6.45, 7) is 0. The molecule has 2 aromatic heterocycles. The highest BCUT2D eigenvalue weighted by Crippen LogP contribution is 2.41. The summed E-state index contributed by atoms with van der Waals surface area (Å²) in [5, 5.41) is 7.72. The van der Waals surface area contributed by atoms with Crippen LogP contribution in [0.4, 0.5) is 17.2 Å². The highest BCUT2D eigenvalue weighted by molar-refractivity contribution is 8.14. The first kappa shape index (κ1) is 20.4. The predicted molar refractivity (Wildman–Crippen MR) is 132 cm³/mol. The Balaban J connectivity index is 1.26. The number of nitrogens with one attached hydrogen (secondary N) is 2. The number of aromatic nitrogens is 2. The number of amides is 1. The molecule has 6 rings (SSSR count). The van der Waals surface area contributed by atoms with Gasteiger partial charge in [0.2, 0.25) is 5.91 Å². The van der Waals surface area contributed by atoms with E-state index in [4.69, 9.17) is 0 Å². The summed E-state index contributed by atoms with van der Waals surface area (Å²) >= 11 is 2.95. The molecule has 1 unspecified atom stereocenters. The maximum Gasteiger partial charge on any atom is 0.227 e. The van der Waals surface area contributed by atoms with Gasteiger partial charge in [-0.15, -0.1) is 11.3 Å². The minimum atomic E-state index is -0.0543. The van der Waals surface area contributed by atoms with Crippen molar-refractivity contribution in [1.29, 1.82) is 0 Å². The zero-order chi connectivity index (χ0) is 22.4. The predicted octanol–water partition coefficient (Wildman–Crippen LogP) is 5.35. The Morgan fingerprint density at radius 2 is 1.94 bits per heavy atom. The van der Waals surface area contributed by atoms with Gasteiger partial charge in [-0.1, -0.05) is 36.0 Å². The van der Waals surface area contributed by atoms with Gasteiger partial charge in [0.05, 0.1) is 5.39 Å². The topological polar surface area (TPSA) is 84.0 Å². The molecule has 3 heterocycles. The van der Waals surface area contributed by atoms with Crippen LogP contribution in [0, 0.1) is 5.92 Å². The third kappa shape index (κ3) is 3.89. The number of carbonyl (C=O) groups is 2. The summed E-state index contributed by atoms with van der Waals surface area (Å²) in [6, 6.07) is 15.6. The number of hydrogen-bond acceptors (Lipinski definition) is 7. The summed E-state index contributed by atoms with van der Waals surface area (Å²) in [7, 11) is 0. The van der Waals surface area contributed by atoms with Gasteiger partial charge in [0.1, 0.15) is 17.0 Å². The van der Waals surface area contributed by atoms with Crippen LogP contribution >= 0.6 is 23.1 Å². The molecular formula is C25H20N4O2S2. The largest absolute Gasteiger partial charge is 0.340 e. The average molecular weight is 473 g/mol. The average Bonchev–Trinajstić information content (AvgIpc) is 3.38. The molecule has 0 radical (unpaired) electrons. The normalized spacial score (nSPS) is 17.0. The number of thiophene rings is 1. The molecule has 4 aromatic rings. The van der Waals surface area contributed by atoms with E-state index in [1.807, 2.05) is 48.5 Å². The lowest BCUT2D eigenvalue weighted by Crippen LogP contribution is -2.27. The van der Waals surface area contributed by atoms with Gasteiger partial charge in [0.15, 0.2) is 5.12 Å². The molecule has 0 fully saturated rings. The number of fused-ring (bicyclic) bond motifs is 4. The zero-order valence-corrected chi connectivity index (χ0v) is 19.3. The van der Waals surface area contributed by atoms with Gasteiger partial charge in [-0.2, -0.15) is 0 Å². The SMILES string of the molecule is O=C1Cc2ccc(Nc3ncnc4sc5c(c34)CCC(C(=O)Nc3ccccc3)C5)cc2S1. The lowest BCUT2D eigenvalue weighted by molar-refractivity contribution is -0.120. The molecule has 1 amide bonds. The van der Waals surface area contributed by atoms with E-state index in [-0.39, 0.29) is 16.9 Å². The Labute approximate surface area is 198 Å². The second-order valence-corrected chi connectivity index (χ2v) is 10.5. The van der Waals surface area contributed by atoms with Crippen molar-refractivity contribution >= 4 is 61.5 Å². The summed E-state index contributed by atoms with van der Waals surface area (Å²) in [5.41, 5.74) is 4.06. The van der Waals surface area contributed by atoms with Crippen molar-refractivity contribution in [2.75, 3.05) is 10.6 Å². The molecule has 2 N–H and O–H groups in total. The van der Waals surface area contributed by atoms with Crippen LogP contribution in [0.15, 0.2) is 59.8 Å². The molecule has 6 nitrogen and oxygen atoms in total. The Morgan fingerprint density at radius 1 is 1.06 bits per heavy atom. The maximum atomic E-state index is 12.8. The highest BCUT2D eigenvalue weighted by atomic mass is 32.2. The number of nitrogens with zero attached hydrogens (tertiary/aromatic N) is 2. The van der Waals surface area contributed by atoms with E-state index in [0.717, 1.165) is 50.7 Å². The van der Waals surface area contributed by atoms with Crippen molar-refractivity contribution in [2.45, 2.75) is 30.6 Å². The van der Waals surface area contributed by atoms with Crippen molar-refractivity contribution in [3.8, 4) is 0 Å². The molecule has 164 valence electrons. The number of thioether (sulfide) groups is 1. The molecule has 2 aliphatic rings. The number of anilines is 3. The van der Waals surface area contributed by atoms with Crippen LogP contribution in [-0.2, 0) is 28.9 Å². The number of hydrogen-bond donors (Lipinski definition) is 2. The summed E-state index contributed by atoms with van der Waals surface area (Å²) < 4.78 is 0. The van der Waals surface area contributed by atoms with Crippen molar-refractivity contribution < 1.29 is 9.59 Å². The smallest absolute Gasteiger partial charge is 0.227 e. The van der Waals surface area contributed by atoms with Crippen molar-refractivity contribution in [3.05, 3.63) is 70.9 Å². The molecule has 0 spiro atoms. The van der Waals surface area contributed by atoms with E-state index in [9.17, 15) is 9.59 Å². The van der Waals surface area contributed by atoms with Gasteiger partial charge >= 0.3 is 0 Å². The van der Waals surface area contributed by atoms with E-state index in [2.05, 4.69) is 20.6 Å².